The lowest BCUT2D eigenvalue weighted by Gasteiger charge is -2.15. The van der Waals surface area contributed by atoms with Crippen molar-refractivity contribution in [2.24, 2.45) is 0 Å². The number of rotatable bonds is 5. The van der Waals surface area contributed by atoms with Gasteiger partial charge in [-0.05, 0) is 25.0 Å². The van der Waals surface area contributed by atoms with E-state index in [0.717, 1.165) is 29.1 Å². The minimum atomic E-state index is 0.0761. The third-order valence-electron chi connectivity index (χ3n) is 3.12. The Morgan fingerprint density at radius 1 is 1.21 bits per heavy atom. The molecule has 2 rings (SSSR count). The Bertz CT molecular complexity index is 542. The lowest BCUT2D eigenvalue weighted by atomic mass is 10.1. The Labute approximate surface area is 113 Å². The van der Waals surface area contributed by atoms with Crippen molar-refractivity contribution in [1.82, 2.24) is 15.3 Å². The Kier molecular flexibility index (Phi) is 4.60. The summed E-state index contributed by atoms with van der Waals surface area (Å²) >= 11 is 0. The van der Waals surface area contributed by atoms with Gasteiger partial charge in [0, 0.05) is 25.0 Å². The van der Waals surface area contributed by atoms with Gasteiger partial charge in [0.15, 0.2) is 0 Å². The van der Waals surface area contributed by atoms with Crippen LogP contribution in [0.2, 0.25) is 0 Å². The van der Waals surface area contributed by atoms with Crippen molar-refractivity contribution in [2.75, 3.05) is 0 Å². The summed E-state index contributed by atoms with van der Waals surface area (Å²) in [6.07, 6.45) is 3.42. The predicted molar refractivity (Wildman–Crippen MR) is 74.4 cm³/mol. The maximum Gasteiger partial charge on any atom is 0.0782 e. The number of hydrogen-bond acceptors (Lipinski definition) is 4. The van der Waals surface area contributed by atoms with E-state index in [1.54, 1.807) is 12.4 Å². The molecule has 0 saturated heterocycles. The summed E-state index contributed by atoms with van der Waals surface area (Å²) in [7, 11) is 0. The first-order valence-electron chi connectivity index (χ1n) is 6.40. The van der Waals surface area contributed by atoms with Crippen molar-refractivity contribution in [3.63, 3.8) is 0 Å². The van der Waals surface area contributed by atoms with Gasteiger partial charge >= 0.3 is 0 Å². The number of aryl methyl sites for hydroxylation is 1. The molecule has 0 aliphatic carbocycles. The fraction of sp³-hybridized carbons (Fsp3) is 0.333. The van der Waals surface area contributed by atoms with Gasteiger partial charge in [-0.15, -0.1) is 0 Å². The van der Waals surface area contributed by atoms with Crippen molar-refractivity contribution in [3.8, 4) is 0 Å². The van der Waals surface area contributed by atoms with E-state index in [-0.39, 0.29) is 12.6 Å². The number of aromatic nitrogens is 2. The van der Waals surface area contributed by atoms with Crippen LogP contribution in [0.1, 0.15) is 35.5 Å². The molecule has 0 aliphatic rings. The molecular weight excluding hydrogens is 238 g/mol. The fourth-order valence-electron chi connectivity index (χ4n) is 2.05. The predicted octanol–water partition coefficient (Wildman–Crippen LogP) is 2.13. The van der Waals surface area contributed by atoms with Gasteiger partial charge in [0.1, 0.15) is 0 Å². The zero-order chi connectivity index (χ0) is 13.7. The van der Waals surface area contributed by atoms with Gasteiger partial charge in [0.25, 0.3) is 0 Å². The number of hydrogen-bond donors (Lipinski definition) is 2. The SMILES string of the molecule is Cc1nccnc1C(C)NCc1cccc(CO)c1. The summed E-state index contributed by atoms with van der Waals surface area (Å²) in [4.78, 5) is 8.61. The third kappa shape index (κ3) is 3.59. The highest BCUT2D eigenvalue weighted by Crippen LogP contribution is 2.13. The molecule has 1 atom stereocenters. The zero-order valence-electron chi connectivity index (χ0n) is 11.3. The maximum absolute atomic E-state index is 9.12. The van der Waals surface area contributed by atoms with Crippen LogP contribution < -0.4 is 5.32 Å². The molecule has 1 aromatic heterocycles. The topological polar surface area (TPSA) is 58.0 Å². The summed E-state index contributed by atoms with van der Waals surface area (Å²) in [5.74, 6) is 0. The summed E-state index contributed by atoms with van der Waals surface area (Å²) in [6.45, 7) is 4.86. The molecule has 0 aliphatic heterocycles. The lowest BCUT2D eigenvalue weighted by Crippen LogP contribution is -2.20. The molecule has 19 heavy (non-hydrogen) atoms. The normalized spacial score (nSPS) is 12.4. The molecule has 0 spiro atoms. The van der Waals surface area contributed by atoms with Crippen LogP contribution in [0.4, 0.5) is 0 Å². The summed E-state index contributed by atoms with van der Waals surface area (Å²) < 4.78 is 0. The van der Waals surface area contributed by atoms with Crippen molar-refractivity contribution in [2.45, 2.75) is 33.0 Å². The van der Waals surface area contributed by atoms with Gasteiger partial charge in [-0.1, -0.05) is 24.3 Å². The first-order chi connectivity index (χ1) is 9.20. The molecule has 0 radical (unpaired) electrons. The molecular formula is C15H19N3O. The Hall–Kier alpha value is -1.78. The molecule has 1 unspecified atom stereocenters. The van der Waals surface area contributed by atoms with Gasteiger partial charge in [-0.3, -0.25) is 9.97 Å². The van der Waals surface area contributed by atoms with E-state index in [0.29, 0.717) is 0 Å². The standard InChI is InChI=1S/C15H19N3O/c1-11-15(17-7-6-16-11)12(2)18-9-13-4-3-5-14(8-13)10-19/h3-8,12,18-19H,9-10H2,1-2H3. The average Bonchev–Trinajstić information content (AvgIpc) is 2.45. The second kappa shape index (κ2) is 6.41. The molecule has 4 nitrogen and oxygen atoms in total. The Morgan fingerprint density at radius 3 is 2.68 bits per heavy atom. The molecule has 0 bridgehead atoms. The smallest absolute Gasteiger partial charge is 0.0782 e. The molecule has 100 valence electrons. The Balaban J connectivity index is 2.00. The highest BCUT2D eigenvalue weighted by Gasteiger charge is 2.09. The van der Waals surface area contributed by atoms with E-state index in [1.807, 2.05) is 31.2 Å². The van der Waals surface area contributed by atoms with E-state index in [2.05, 4.69) is 22.2 Å². The average molecular weight is 257 g/mol. The van der Waals surface area contributed by atoms with E-state index in [4.69, 9.17) is 5.11 Å². The summed E-state index contributed by atoms with van der Waals surface area (Å²) in [5, 5.41) is 12.5. The van der Waals surface area contributed by atoms with Crippen LogP contribution >= 0.6 is 0 Å². The first kappa shape index (κ1) is 13.6. The number of aliphatic hydroxyl groups excluding tert-OH is 1. The quantitative estimate of drug-likeness (QED) is 0.861. The van der Waals surface area contributed by atoms with Crippen LogP contribution in [0.3, 0.4) is 0 Å². The molecule has 0 fully saturated rings. The minimum absolute atomic E-state index is 0.0761. The highest BCUT2D eigenvalue weighted by molar-refractivity contribution is 5.23. The van der Waals surface area contributed by atoms with Crippen LogP contribution in [0.15, 0.2) is 36.7 Å². The van der Waals surface area contributed by atoms with E-state index in [1.165, 1.54) is 0 Å². The number of nitrogens with one attached hydrogen (secondary N) is 1. The van der Waals surface area contributed by atoms with Crippen LogP contribution in [-0.4, -0.2) is 15.1 Å². The highest BCUT2D eigenvalue weighted by atomic mass is 16.3. The van der Waals surface area contributed by atoms with Crippen molar-refractivity contribution >= 4 is 0 Å². The summed E-state index contributed by atoms with van der Waals surface area (Å²) in [5.41, 5.74) is 4.01. The maximum atomic E-state index is 9.12. The minimum Gasteiger partial charge on any atom is -0.392 e. The molecule has 1 aromatic carbocycles. The van der Waals surface area contributed by atoms with Crippen LogP contribution in [0.5, 0.6) is 0 Å². The molecule has 4 heteroatoms. The van der Waals surface area contributed by atoms with Crippen molar-refractivity contribution in [3.05, 3.63) is 59.2 Å². The lowest BCUT2D eigenvalue weighted by molar-refractivity contribution is 0.281. The number of aliphatic hydroxyl groups is 1. The van der Waals surface area contributed by atoms with Crippen LogP contribution in [-0.2, 0) is 13.2 Å². The van der Waals surface area contributed by atoms with Crippen molar-refractivity contribution < 1.29 is 5.11 Å². The Morgan fingerprint density at radius 2 is 1.95 bits per heavy atom. The molecule has 0 saturated carbocycles. The number of nitrogens with zero attached hydrogens (tertiary/aromatic N) is 2. The van der Waals surface area contributed by atoms with Crippen LogP contribution in [0, 0.1) is 6.92 Å². The molecule has 0 amide bonds. The van der Waals surface area contributed by atoms with Gasteiger partial charge in [-0.2, -0.15) is 0 Å². The van der Waals surface area contributed by atoms with E-state index >= 15 is 0 Å². The molecule has 2 N–H and O–H groups in total. The second-order valence-electron chi connectivity index (χ2n) is 4.61. The van der Waals surface area contributed by atoms with Gasteiger partial charge < -0.3 is 10.4 Å². The summed E-state index contributed by atoms with van der Waals surface area (Å²) in [6, 6.07) is 8.07. The molecule has 1 heterocycles. The largest absolute Gasteiger partial charge is 0.392 e. The van der Waals surface area contributed by atoms with E-state index in [9.17, 15) is 0 Å². The van der Waals surface area contributed by atoms with Crippen molar-refractivity contribution in [1.29, 1.82) is 0 Å². The van der Waals surface area contributed by atoms with Crippen LogP contribution in [0.25, 0.3) is 0 Å². The first-order valence-corrected chi connectivity index (χ1v) is 6.40. The van der Waals surface area contributed by atoms with Gasteiger partial charge in [-0.25, -0.2) is 0 Å². The second-order valence-corrected chi connectivity index (χ2v) is 4.61. The number of benzene rings is 1. The monoisotopic (exact) mass is 257 g/mol. The van der Waals surface area contributed by atoms with E-state index < -0.39 is 0 Å². The third-order valence-corrected chi connectivity index (χ3v) is 3.12. The van der Waals surface area contributed by atoms with Gasteiger partial charge in [0.05, 0.1) is 18.0 Å². The fourth-order valence-corrected chi connectivity index (χ4v) is 2.05. The zero-order valence-corrected chi connectivity index (χ0v) is 11.3. The van der Waals surface area contributed by atoms with Gasteiger partial charge in [0.2, 0.25) is 0 Å². The molecule has 2 aromatic rings.